The summed E-state index contributed by atoms with van der Waals surface area (Å²) in [6.45, 7) is 6.91. The third-order valence-corrected chi connectivity index (χ3v) is 9.11. The number of nitrogens with one attached hydrogen (secondary N) is 1. The van der Waals surface area contributed by atoms with Crippen molar-refractivity contribution in [2.45, 2.75) is 57.5 Å². The maximum absolute atomic E-state index is 13.6. The highest BCUT2D eigenvalue weighted by Crippen LogP contribution is 2.33. The molecule has 18 heteroatoms. The van der Waals surface area contributed by atoms with Gasteiger partial charge in [-0.15, -0.1) is 5.01 Å². The second kappa shape index (κ2) is 13.5. The van der Waals surface area contributed by atoms with Crippen molar-refractivity contribution in [2.24, 2.45) is 5.28 Å². The van der Waals surface area contributed by atoms with E-state index in [-0.39, 0.29) is 27.5 Å². The molecule has 14 nitrogen and oxygen atoms in total. The Kier molecular flexibility index (Phi) is 9.66. The Bertz CT molecular complexity index is 2090. The summed E-state index contributed by atoms with van der Waals surface area (Å²) in [5, 5.41) is 20.9. The molecule has 3 amide bonds. The maximum Gasteiger partial charge on any atom is 0.435 e. The lowest BCUT2D eigenvalue weighted by atomic mass is 10.1. The van der Waals surface area contributed by atoms with Gasteiger partial charge in [0.2, 0.25) is 11.5 Å². The molecule has 1 aromatic heterocycles. The fraction of sp³-hybridized carbons (Fsp3) is 0.273. The number of rotatable bonds is 10. The van der Waals surface area contributed by atoms with Gasteiger partial charge in [0, 0.05) is 5.56 Å². The molecule has 0 spiro atoms. The van der Waals surface area contributed by atoms with Crippen LogP contribution in [-0.4, -0.2) is 69.1 Å². The smallest absolute Gasteiger partial charge is 0.435 e. The molecule has 5 rings (SSSR count). The number of aromatic nitrogens is 2. The number of aryl methyl sites for hydroxylation is 1. The van der Waals surface area contributed by atoms with Crippen LogP contribution in [-0.2, 0) is 25.8 Å². The number of carbonyl (C=O) groups excluding carboxylic acids is 3. The first-order valence-electron chi connectivity index (χ1n) is 15.3. The minimum atomic E-state index is -4.74. The zero-order chi connectivity index (χ0) is 37.5. The van der Waals surface area contributed by atoms with Crippen molar-refractivity contribution in [3.8, 4) is 16.9 Å². The van der Waals surface area contributed by atoms with E-state index in [4.69, 9.17) is 4.84 Å². The second-order valence-electron chi connectivity index (χ2n) is 12.5. The van der Waals surface area contributed by atoms with Gasteiger partial charge in [-0.25, -0.2) is 22.7 Å². The Morgan fingerprint density at radius 2 is 1.57 bits per heavy atom. The number of nitrogens with zero attached hydrogens (tertiary/aromatic N) is 6. The molecule has 0 saturated heterocycles. The number of halogens is 3. The van der Waals surface area contributed by atoms with Crippen LogP contribution in [0.5, 0.6) is 0 Å². The third-order valence-electron chi connectivity index (χ3n) is 7.72. The first-order valence-corrected chi connectivity index (χ1v) is 16.7. The van der Waals surface area contributed by atoms with E-state index in [1.807, 2.05) is 11.6 Å². The normalized spacial score (nSPS) is 14.4. The molecule has 2 heterocycles. The molecular weight excluding hydrogens is 695 g/mol. The van der Waals surface area contributed by atoms with Crippen molar-refractivity contribution >= 4 is 27.7 Å². The molecule has 51 heavy (non-hydrogen) atoms. The fourth-order valence-corrected chi connectivity index (χ4v) is 6.06. The minimum Gasteiger partial charge on any atom is -0.569 e. The van der Waals surface area contributed by atoms with Gasteiger partial charge in [0.15, 0.2) is 12.2 Å². The van der Waals surface area contributed by atoms with Gasteiger partial charge in [-0.1, -0.05) is 42.0 Å². The number of alkyl halides is 3. The van der Waals surface area contributed by atoms with Gasteiger partial charge in [0.05, 0.1) is 37.9 Å². The van der Waals surface area contributed by atoms with E-state index in [1.54, 1.807) is 36.4 Å². The Labute approximate surface area is 290 Å². The van der Waals surface area contributed by atoms with Crippen molar-refractivity contribution in [3.63, 3.8) is 0 Å². The summed E-state index contributed by atoms with van der Waals surface area (Å²) in [6, 6.07) is 18.4. The molecular formula is C33H32F3N7O7S. The summed E-state index contributed by atoms with van der Waals surface area (Å²) < 4.78 is 69.9. The van der Waals surface area contributed by atoms with Crippen LogP contribution in [0.15, 0.2) is 89.0 Å². The molecule has 0 aliphatic carbocycles. The molecule has 1 unspecified atom stereocenters. The lowest BCUT2D eigenvalue weighted by Crippen LogP contribution is -2.51. The predicted octanol–water partition coefficient (Wildman–Crippen LogP) is 5.22. The Morgan fingerprint density at radius 3 is 2.10 bits per heavy atom. The molecule has 1 N–H and O–H groups in total. The Morgan fingerprint density at radius 1 is 1.00 bits per heavy atom. The fourth-order valence-electron chi connectivity index (χ4n) is 5.08. The van der Waals surface area contributed by atoms with Crippen LogP contribution in [0.1, 0.15) is 59.7 Å². The van der Waals surface area contributed by atoms with Gasteiger partial charge < -0.3 is 10.0 Å². The van der Waals surface area contributed by atoms with Crippen LogP contribution in [0.4, 0.5) is 13.2 Å². The number of carbonyl (C=O) groups is 3. The van der Waals surface area contributed by atoms with Crippen molar-refractivity contribution in [2.75, 3.05) is 6.54 Å². The summed E-state index contributed by atoms with van der Waals surface area (Å²) in [5.74, 6) is -2.44. The van der Waals surface area contributed by atoms with E-state index in [0.29, 0.717) is 5.56 Å². The van der Waals surface area contributed by atoms with Gasteiger partial charge in [-0.2, -0.15) is 18.3 Å². The van der Waals surface area contributed by atoms with Gasteiger partial charge >= 0.3 is 6.18 Å². The van der Waals surface area contributed by atoms with E-state index in [9.17, 15) is 41.2 Å². The average Bonchev–Trinajstić information content (AvgIpc) is 3.62. The van der Waals surface area contributed by atoms with Crippen molar-refractivity contribution in [1.82, 2.24) is 24.4 Å². The summed E-state index contributed by atoms with van der Waals surface area (Å²) >= 11 is 0. The number of fused-ring (bicyclic) bond motifs is 1. The van der Waals surface area contributed by atoms with Crippen LogP contribution in [0, 0.1) is 12.1 Å². The first-order chi connectivity index (χ1) is 23.8. The van der Waals surface area contributed by atoms with E-state index in [1.165, 1.54) is 52.0 Å². The van der Waals surface area contributed by atoms with Crippen LogP contribution < -0.4 is 4.72 Å². The number of sulfonamides is 1. The number of hydrogen-bond acceptors (Lipinski definition) is 9. The molecule has 3 aromatic carbocycles. The number of imide groups is 1. The zero-order valence-electron chi connectivity index (χ0n) is 27.9. The van der Waals surface area contributed by atoms with Gasteiger partial charge in [0.25, 0.3) is 27.7 Å². The molecule has 0 fully saturated rings. The number of hydrazine groups is 1. The van der Waals surface area contributed by atoms with Gasteiger partial charge in [-0.3, -0.25) is 14.4 Å². The highest BCUT2D eigenvalue weighted by Gasteiger charge is 2.40. The molecule has 1 aliphatic rings. The highest BCUT2D eigenvalue weighted by atomic mass is 32.2. The van der Waals surface area contributed by atoms with E-state index in [0.717, 1.165) is 38.4 Å². The quantitative estimate of drug-likeness (QED) is 0.0996. The first kappa shape index (κ1) is 36.5. The highest BCUT2D eigenvalue weighted by molar-refractivity contribution is 7.90. The monoisotopic (exact) mass is 727 g/mol. The standard InChI is InChI=1S/C33H32F3N7O7S/c1-20-10-12-22(13-11-20)27-18-28(33(34,35)36)37-42(27)23-14-16-24(17-15-23)51(48,49)38-29(44)19-40(32(3,4)5)43(47)39-50-21(2)41-30(45)25-8-6-7-9-26(25)31(41)46/h6-18,21H,19H2,1-5H3,(H,38,44). The summed E-state index contributed by atoms with van der Waals surface area (Å²) in [5.41, 5.74) is -0.388. The van der Waals surface area contributed by atoms with Gasteiger partial charge in [-0.05, 0) is 77.1 Å². The number of hydrogen-bond donors (Lipinski definition) is 1. The summed E-state index contributed by atoms with van der Waals surface area (Å²) in [4.78, 5) is 43.8. The van der Waals surface area contributed by atoms with Crippen LogP contribution in [0.25, 0.3) is 16.9 Å². The van der Waals surface area contributed by atoms with E-state index < -0.39 is 62.8 Å². The topological polar surface area (TPSA) is 169 Å². The zero-order valence-corrected chi connectivity index (χ0v) is 28.7. The molecule has 0 radical (unpaired) electrons. The molecule has 0 saturated carbocycles. The van der Waals surface area contributed by atoms with Crippen LogP contribution in [0.2, 0.25) is 0 Å². The van der Waals surface area contributed by atoms with Crippen LogP contribution in [0.3, 0.4) is 0 Å². The van der Waals surface area contributed by atoms with Gasteiger partial charge in [0.1, 0.15) is 0 Å². The maximum atomic E-state index is 13.6. The van der Waals surface area contributed by atoms with E-state index >= 15 is 0 Å². The lowest BCUT2D eigenvalue weighted by Gasteiger charge is -2.30. The molecule has 4 aromatic rings. The van der Waals surface area contributed by atoms with Crippen molar-refractivity contribution in [1.29, 1.82) is 0 Å². The number of amides is 3. The second-order valence-corrected chi connectivity index (χ2v) is 14.2. The minimum absolute atomic E-state index is 0.0966. The summed E-state index contributed by atoms with van der Waals surface area (Å²) in [6.07, 6.45) is -6.06. The Balaban J connectivity index is 1.30. The van der Waals surface area contributed by atoms with Crippen molar-refractivity contribution < 1.29 is 45.8 Å². The molecule has 0 bridgehead atoms. The third kappa shape index (κ3) is 7.69. The van der Waals surface area contributed by atoms with Crippen LogP contribution >= 0.6 is 0 Å². The largest absolute Gasteiger partial charge is 0.569 e. The average molecular weight is 728 g/mol. The predicted molar refractivity (Wildman–Crippen MR) is 174 cm³/mol. The molecule has 1 aliphatic heterocycles. The summed E-state index contributed by atoms with van der Waals surface area (Å²) in [7, 11) is -4.54. The van der Waals surface area contributed by atoms with Crippen molar-refractivity contribution in [3.05, 3.63) is 106 Å². The molecule has 268 valence electrons. The lowest BCUT2D eigenvalue weighted by molar-refractivity contribution is -0.724. The number of benzene rings is 3. The SMILES string of the molecule is Cc1ccc(-c2cc(C(F)(F)F)nn2-c2ccc(S(=O)(=O)NC(=O)CN([N+]([O-])=NOC(C)N3C(=O)c4ccccc4C3=O)C(C)(C)C)cc2)cc1. The molecule has 1 atom stereocenters. The Hall–Kier alpha value is -5.78. The van der Waals surface area contributed by atoms with E-state index in [2.05, 4.69) is 10.4 Å².